The van der Waals surface area contributed by atoms with E-state index in [-0.39, 0.29) is 0 Å². The molecule has 2 aromatic rings. The van der Waals surface area contributed by atoms with Gasteiger partial charge in [-0.25, -0.2) is 0 Å². The van der Waals surface area contributed by atoms with Crippen molar-refractivity contribution in [3.8, 4) is 11.5 Å². The Labute approximate surface area is 108 Å². The van der Waals surface area contributed by atoms with Crippen LogP contribution in [0, 0.1) is 0 Å². The quantitative estimate of drug-likeness (QED) is 0.881. The fourth-order valence-electron chi connectivity index (χ4n) is 1.56. The largest absolute Gasteiger partial charge is 0.457 e. The number of hydrogen-bond donors (Lipinski definition) is 1. The van der Waals surface area contributed by atoms with Gasteiger partial charge in [-0.2, -0.15) is 13.2 Å². The molecule has 0 radical (unpaired) electrons. The lowest BCUT2D eigenvalue weighted by atomic mass is 10.2. The maximum atomic E-state index is 12.4. The second-order valence-electron chi connectivity index (χ2n) is 3.90. The molecule has 0 bridgehead atoms. The van der Waals surface area contributed by atoms with Gasteiger partial charge in [-0.3, -0.25) is 0 Å². The molecule has 0 saturated heterocycles. The Morgan fingerprint density at radius 3 is 2.21 bits per heavy atom. The molecule has 0 aliphatic rings. The highest BCUT2D eigenvalue weighted by Gasteiger charge is 2.30. The summed E-state index contributed by atoms with van der Waals surface area (Å²) in [5.41, 5.74) is 0.174. The second kappa shape index (κ2) is 5.22. The van der Waals surface area contributed by atoms with Crippen LogP contribution in [0.2, 0.25) is 0 Å². The smallest absolute Gasteiger partial charge is 0.416 e. The molecule has 0 amide bonds. The predicted octanol–water partition coefficient (Wildman–Crippen LogP) is 4.54. The fourth-order valence-corrected chi connectivity index (χ4v) is 1.56. The molecule has 0 aliphatic heterocycles. The minimum atomic E-state index is -4.33. The summed E-state index contributed by atoms with van der Waals surface area (Å²) in [5, 5.41) is 2.95. The molecule has 0 unspecified atom stereocenters. The maximum absolute atomic E-state index is 12.4. The van der Waals surface area contributed by atoms with Crippen molar-refractivity contribution < 1.29 is 17.9 Å². The van der Waals surface area contributed by atoms with Crippen molar-refractivity contribution in [1.82, 2.24) is 0 Å². The Bertz CT molecular complexity index is 549. The number of alkyl halides is 3. The summed E-state index contributed by atoms with van der Waals surface area (Å²) in [6.45, 7) is 0. The van der Waals surface area contributed by atoms with Crippen LogP contribution in [0.25, 0.3) is 0 Å². The van der Waals surface area contributed by atoms with E-state index in [1.54, 1.807) is 25.2 Å². The normalized spacial score (nSPS) is 11.2. The Kier molecular flexibility index (Phi) is 3.64. The molecule has 0 aliphatic carbocycles. The predicted molar refractivity (Wildman–Crippen MR) is 67.5 cm³/mol. The van der Waals surface area contributed by atoms with Crippen molar-refractivity contribution >= 4 is 5.69 Å². The van der Waals surface area contributed by atoms with Crippen LogP contribution in [-0.2, 0) is 6.18 Å². The lowest BCUT2D eigenvalue weighted by molar-refractivity contribution is -0.137. The number of anilines is 1. The van der Waals surface area contributed by atoms with Crippen LogP contribution in [0.15, 0.2) is 48.5 Å². The molecule has 0 heterocycles. The number of benzene rings is 2. The number of hydrogen-bond acceptors (Lipinski definition) is 2. The second-order valence-corrected chi connectivity index (χ2v) is 3.90. The lowest BCUT2D eigenvalue weighted by Gasteiger charge is -2.09. The van der Waals surface area contributed by atoms with Gasteiger partial charge in [0.15, 0.2) is 0 Å². The molecular formula is C14H12F3NO. The SMILES string of the molecule is CNc1cccc(Oc2ccc(C(F)(F)F)cc2)c1. The first-order chi connectivity index (χ1) is 8.99. The van der Waals surface area contributed by atoms with E-state index in [1.807, 2.05) is 6.07 Å². The molecule has 2 nitrogen and oxygen atoms in total. The fraction of sp³-hybridized carbons (Fsp3) is 0.143. The summed E-state index contributed by atoms with van der Waals surface area (Å²) in [6.07, 6.45) is -4.33. The summed E-state index contributed by atoms with van der Waals surface area (Å²) in [5.74, 6) is 0.924. The molecule has 100 valence electrons. The van der Waals surface area contributed by atoms with Crippen LogP contribution in [-0.4, -0.2) is 7.05 Å². The van der Waals surface area contributed by atoms with E-state index in [0.717, 1.165) is 17.8 Å². The Balaban J connectivity index is 2.15. The van der Waals surface area contributed by atoms with Crippen LogP contribution in [0.4, 0.5) is 18.9 Å². The van der Waals surface area contributed by atoms with Gasteiger partial charge in [0.05, 0.1) is 5.56 Å². The zero-order chi connectivity index (χ0) is 13.9. The third kappa shape index (κ3) is 3.40. The Morgan fingerprint density at radius 1 is 0.947 bits per heavy atom. The summed E-state index contributed by atoms with van der Waals surface area (Å²) >= 11 is 0. The van der Waals surface area contributed by atoms with E-state index in [9.17, 15) is 13.2 Å². The molecule has 0 fully saturated rings. The molecule has 2 rings (SSSR count). The van der Waals surface area contributed by atoms with Gasteiger partial charge >= 0.3 is 6.18 Å². The summed E-state index contributed by atoms with van der Waals surface area (Å²) in [4.78, 5) is 0. The number of halogens is 3. The minimum Gasteiger partial charge on any atom is -0.457 e. The van der Waals surface area contributed by atoms with Crippen LogP contribution < -0.4 is 10.1 Å². The first kappa shape index (κ1) is 13.3. The van der Waals surface area contributed by atoms with E-state index in [4.69, 9.17) is 4.74 Å². The van der Waals surface area contributed by atoms with E-state index >= 15 is 0 Å². The van der Waals surface area contributed by atoms with Gasteiger partial charge < -0.3 is 10.1 Å². The van der Waals surface area contributed by atoms with Crippen molar-refractivity contribution in [3.63, 3.8) is 0 Å². The van der Waals surface area contributed by atoms with Crippen LogP contribution in [0.1, 0.15) is 5.56 Å². The summed E-state index contributed by atoms with van der Waals surface area (Å²) in [7, 11) is 1.78. The number of nitrogens with one attached hydrogen (secondary N) is 1. The van der Waals surface area contributed by atoms with Crippen molar-refractivity contribution in [3.05, 3.63) is 54.1 Å². The zero-order valence-corrected chi connectivity index (χ0v) is 10.2. The first-order valence-electron chi connectivity index (χ1n) is 5.62. The molecule has 2 aromatic carbocycles. The Morgan fingerprint density at radius 2 is 1.63 bits per heavy atom. The molecule has 0 spiro atoms. The molecular weight excluding hydrogens is 255 g/mol. The van der Waals surface area contributed by atoms with Crippen molar-refractivity contribution in [2.24, 2.45) is 0 Å². The average molecular weight is 267 g/mol. The summed E-state index contributed by atoms with van der Waals surface area (Å²) in [6, 6.07) is 11.7. The van der Waals surface area contributed by atoms with E-state index in [0.29, 0.717) is 11.5 Å². The first-order valence-corrected chi connectivity index (χ1v) is 5.62. The van der Waals surface area contributed by atoms with Crippen molar-refractivity contribution in [2.45, 2.75) is 6.18 Å². The standard InChI is InChI=1S/C14H12F3NO/c1-18-11-3-2-4-13(9-11)19-12-7-5-10(6-8-12)14(15,16)17/h2-9,18H,1H3. The molecule has 19 heavy (non-hydrogen) atoms. The number of rotatable bonds is 3. The third-order valence-electron chi connectivity index (χ3n) is 2.54. The number of ether oxygens (including phenoxy) is 1. The highest BCUT2D eigenvalue weighted by Crippen LogP contribution is 2.31. The third-order valence-corrected chi connectivity index (χ3v) is 2.54. The average Bonchev–Trinajstić information content (AvgIpc) is 2.38. The zero-order valence-electron chi connectivity index (χ0n) is 10.2. The van der Waals surface area contributed by atoms with Gasteiger partial charge in [-0.1, -0.05) is 6.07 Å². The van der Waals surface area contributed by atoms with Gasteiger partial charge in [0.1, 0.15) is 11.5 Å². The highest BCUT2D eigenvalue weighted by molar-refractivity contribution is 5.48. The van der Waals surface area contributed by atoms with E-state index in [2.05, 4.69) is 5.32 Å². The van der Waals surface area contributed by atoms with E-state index < -0.39 is 11.7 Å². The molecule has 0 aromatic heterocycles. The van der Waals surface area contributed by atoms with Crippen LogP contribution in [0.3, 0.4) is 0 Å². The van der Waals surface area contributed by atoms with Crippen molar-refractivity contribution in [1.29, 1.82) is 0 Å². The van der Waals surface area contributed by atoms with Crippen LogP contribution in [0.5, 0.6) is 11.5 Å². The van der Waals surface area contributed by atoms with Crippen molar-refractivity contribution in [2.75, 3.05) is 12.4 Å². The topological polar surface area (TPSA) is 21.3 Å². The van der Waals surface area contributed by atoms with E-state index in [1.165, 1.54) is 12.1 Å². The van der Waals surface area contributed by atoms with Gasteiger partial charge in [0, 0.05) is 18.8 Å². The van der Waals surface area contributed by atoms with Gasteiger partial charge in [-0.15, -0.1) is 0 Å². The molecule has 0 saturated carbocycles. The summed E-state index contributed by atoms with van der Waals surface area (Å²) < 4.78 is 42.7. The molecule has 1 N–H and O–H groups in total. The monoisotopic (exact) mass is 267 g/mol. The Hall–Kier alpha value is -2.17. The maximum Gasteiger partial charge on any atom is 0.416 e. The van der Waals surface area contributed by atoms with Gasteiger partial charge in [-0.05, 0) is 36.4 Å². The molecule has 0 atom stereocenters. The van der Waals surface area contributed by atoms with Crippen LogP contribution >= 0.6 is 0 Å². The lowest BCUT2D eigenvalue weighted by Crippen LogP contribution is -2.03. The van der Waals surface area contributed by atoms with Gasteiger partial charge in [0.25, 0.3) is 0 Å². The highest BCUT2D eigenvalue weighted by atomic mass is 19.4. The minimum absolute atomic E-state index is 0.362. The molecule has 5 heteroatoms. The van der Waals surface area contributed by atoms with Gasteiger partial charge in [0.2, 0.25) is 0 Å².